The van der Waals surface area contributed by atoms with Gasteiger partial charge in [-0.1, -0.05) is 54.6 Å². The number of fused-ring (bicyclic) bond motifs is 1. The van der Waals surface area contributed by atoms with Crippen LogP contribution in [0.2, 0.25) is 0 Å². The topological polar surface area (TPSA) is 58.9 Å². The molecule has 0 heterocycles. The Hall–Kier alpha value is -2.26. The number of benzene rings is 2. The average molecular weight is 281 g/mol. The summed E-state index contributed by atoms with van der Waals surface area (Å²) in [4.78, 5) is 14.7. The molecule has 1 N–H and O–H groups in total. The molecule has 2 atom stereocenters. The highest BCUT2D eigenvalue weighted by molar-refractivity contribution is 5.44. The smallest absolute Gasteiger partial charge is 0.238 e. The van der Waals surface area contributed by atoms with Crippen LogP contribution in [0.15, 0.2) is 59.6 Å². The van der Waals surface area contributed by atoms with E-state index in [4.69, 9.17) is 4.74 Å². The molecule has 0 fully saturated rings. The van der Waals surface area contributed by atoms with Crippen molar-refractivity contribution in [3.05, 3.63) is 71.3 Å². The largest absolute Gasteiger partial charge is 0.387 e. The summed E-state index contributed by atoms with van der Waals surface area (Å²) in [5.41, 5.74) is 1.28. The Morgan fingerprint density at radius 1 is 1.19 bits per heavy atom. The van der Waals surface area contributed by atoms with E-state index < -0.39 is 11.8 Å². The predicted octanol–water partition coefficient (Wildman–Crippen LogP) is 2.31. The number of hydrogen-bond acceptors (Lipinski definition) is 4. The summed E-state index contributed by atoms with van der Waals surface area (Å²) in [7, 11) is 0. The molecule has 2 aromatic carbocycles. The van der Waals surface area contributed by atoms with Gasteiger partial charge in [0.05, 0.1) is 6.61 Å². The molecule has 0 bridgehead atoms. The minimum absolute atomic E-state index is 0.261. The Labute approximate surface area is 122 Å². The normalized spacial score (nSPS) is 23.4. The molecule has 4 heteroatoms. The number of nitrogens with zero attached hydrogens (tertiary/aromatic N) is 1. The van der Waals surface area contributed by atoms with Crippen LogP contribution in [-0.4, -0.2) is 17.3 Å². The molecule has 106 valence electrons. The predicted molar refractivity (Wildman–Crippen MR) is 77.2 cm³/mol. The Bertz CT molecular complexity index is 679. The minimum Gasteiger partial charge on any atom is -0.387 e. The maximum Gasteiger partial charge on any atom is 0.238 e. The van der Waals surface area contributed by atoms with Crippen LogP contribution in [0.3, 0.4) is 0 Å². The lowest BCUT2D eigenvalue weighted by molar-refractivity contribution is -0.123. The van der Waals surface area contributed by atoms with E-state index in [-0.39, 0.29) is 6.61 Å². The van der Waals surface area contributed by atoms with Crippen molar-refractivity contribution in [3.8, 4) is 0 Å². The van der Waals surface area contributed by atoms with Crippen LogP contribution in [0.5, 0.6) is 0 Å². The number of carbonyl (C=O) groups excluding carboxylic acids is 1. The number of ether oxygens (including phenoxy) is 1. The maximum atomic E-state index is 10.8. The average Bonchev–Trinajstić information content (AvgIpc) is 2.80. The van der Waals surface area contributed by atoms with Crippen LogP contribution in [-0.2, 0) is 28.3 Å². The van der Waals surface area contributed by atoms with E-state index in [0.717, 1.165) is 16.7 Å². The van der Waals surface area contributed by atoms with Crippen molar-refractivity contribution in [2.75, 3.05) is 0 Å². The van der Waals surface area contributed by atoms with Crippen LogP contribution in [0, 0.1) is 0 Å². The zero-order valence-corrected chi connectivity index (χ0v) is 11.4. The molecule has 1 aliphatic carbocycles. The van der Waals surface area contributed by atoms with E-state index in [1.807, 2.05) is 54.6 Å². The highest BCUT2D eigenvalue weighted by Gasteiger charge is 2.48. The molecule has 2 unspecified atom stereocenters. The molecule has 1 aliphatic rings. The summed E-state index contributed by atoms with van der Waals surface area (Å²) >= 11 is 0. The monoisotopic (exact) mass is 281 g/mol. The molecule has 0 saturated carbocycles. The summed E-state index contributed by atoms with van der Waals surface area (Å²) in [6, 6.07) is 17.1. The summed E-state index contributed by atoms with van der Waals surface area (Å²) in [6.07, 6.45) is 1.07. The Kier molecular flexibility index (Phi) is 3.67. The van der Waals surface area contributed by atoms with Crippen molar-refractivity contribution in [2.45, 2.75) is 24.9 Å². The summed E-state index contributed by atoms with van der Waals surface area (Å²) < 4.78 is 5.88. The standard InChI is InChI=1S/C17H15NO3/c19-12-18-17(21-11-13-6-2-1-3-7-13)15-9-5-4-8-14(15)10-16(17)20/h1-9,16,20H,10-11H2. The zero-order valence-electron chi connectivity index (χ0n) is 11.4. The van der Waals surface area contributed by atoms with Gasteiger partial charge >= 0.3 is 0 Å². The second kappa shape index (κ2) is 5.62. The first-order valence-corrected chi connectivity index (χ1v) is 6.79. The summed E-state index contributed by atoms with van der Waals surface area (Å²) in [5.74, 6) is 0. The molecule has 4 nitrogen and oxygen atoms in total. The lowest BCUT2D eigenvalue weighted by Crippen LogP contribution is -2.37. The van der Waals surface area contributed by atoms with E-state index in [2.05, 4.69) is 4.99 Å². The van der Waals surface area contributed by atoms with Crippen molar-refractivity contribution in [1.29, 1.82) is 0 Å². The third-order valence-corrected chi connectivity index (χ3v) is 3.78. The van der Waals surface area contributed by atoms with E-state index in [0.29, 0.717) is 6.42 Å². The third kappa shape index (κ3) is 2.41. The van der Waals surface area contributed by atoms with Crippen molar-refractivity contribution in [3.63, 3.8) is 0 Å². The van der Waals surface area contributed by atoms with Crippen LogP contribution in [0.4, 0.5) is 0 Å². The van der Waals surface area contributed by atoms with Gasteiger partial charge in [0.2, 0.25) is 11.8 Å². The lowest BCUT2D eigenvalue weighted by Gasteiger charge is -2.28. The van der Waals surface area contributed by atoms with Crippen LogP contribution < -0.4 is 0 Å². The number of hydrogen-bond donors (Lipinski definition) is 1. The Morgan fingerprint density at radius 2 is 1.90 bits per heavy atom. The molecule has 0 spiro atoms. The van der Waals surface area contributed by atoms with Crippen LogP contribution >= 0.6 is 0 Å². The Morgan fingerprint density at radius 3 is 2.67 bits per heavy atom. The lowest BCUT2D eigenvalue weighted by atomic mass is 10.0. The van der Waals surface area contributed by atoms with Gasteiger partial charge in [-0.05, 0) is 11.1 Å². The first kappa shape index (κ1) is 13.7. The van der Waals surface area contributed by atoms with E-state index in [1.165, 1.54) is 0 Å². The Balaban J connectivity index is 1.95. The molecule has 0 aromatic heterocycles. The van der Waals surface area contributed by atoms with Gasteiger partial charge in [0.1, 0.15) is 6.10 Å². The zero-order chi connectivity index (χ0) is 14.7. The van der Waals surface area contributed by atoms with Gasteiger partial charge in [-0.3, -0.25) is 0 Å². The highest BCUT2D eigenvalue weighted by Crippen LogP contribution is 2.41. The molecule has 0 saturated heterocycles. The van der Waals surface area contributed by atoms with Gasteiger partial charge in [-0.15, -0.1) is 0 Å². The molecule has 0 amide bonds. The fourth-order valence-electron chi connectivity index (χ4n) is 2.75. The van der Waals surface area contributed by atoms with Gasteiger partial charge in [0, 0.05) is 12.0 Å². The summed E-state index contributed by atoms with van der Waals surface area (Å²) in [5, 5.41) is 10.4. The van der Waals surface area contributed by atoms with E-state index >= 15 is 0 Å². The first-order valence-electron chi connectivity index (χ1n) is 6.79. The van der Waals surface area contributed by atoms with E-state index in [9.17, 15) is 9.90 Å². The van der Waals surface area contributed by atoms with Crippen molar-refractivity contribution in [1.82, 2.24) is 0 Å². The van der Waals surface area contributed by atoms with Gasteiger partial charge in [0.25, 0.3) is 0 Å². The molecule has 21 heavy (non-hydrogen) atoms. The fraction of sp³-hybridized carbons (Fsp3) is 0.235. The molecule has 0 radical (unpaired) electrons. The molecular weight excluding hydrogens is 266 g/mol. The number of rotatable bonds is 4. The molecule has 0 aliphatic heterocycles. The second-order valence-electron chi connectivity index (χ2n) is 5.05. The highest BCUT2D eigenvalue weighted by atomic mass is 16.5. The van der Waals surface area contributed by atoms with Crippen molar-refractivity contribution in [2.24, 2.45) is 4.99 Å². The van der Waals surface area contributed by atoms with Gasteiger partial charge < -0.3 is 9.84 Å². The maximum absolute atomic E-state index is 10.8. The second-order valence-corrected chi connectivity index (χ2v) is 5.05. The van der Waals surface area contributed by atoms with Crippen molar-refractivity contribution < 1.29 is 14.6 Å². The van der Waals surface area contributed by atoms with Crippen molar-refractivity contribution >= 4 is 6.08 Å². The number of aliphatic hydroxyl groups is 1. The number of isocyanates is 1. The molecule has 3 rings (SSSR count). The van der Waals surface area contributed by atoms with Gasteiger partial charge in [-0.25, -0.2) is 4.79 Å². The SMILES string of the molecule is O=C=NC1(OCc2ccccc2)c2ccccc2CC1O. The van der Waals surface area contributed by atoms with E-state index in [1.54, 1.807) is 6.08 Å². The molecule has 2 aromatic rings. The quantitative estimate of drug-likeness (QED) is 0.691. The van der Waals surface area contributed by atoms with Crippen LogP contribution in [0.25, 0.3) is 0 Å². The number of aliphatic hydroxyl groups excluding tert-OH is 1. The van der Waals surface area contributed by atoms with Crippen LogP contribution in [0.1, 0.15) is 16.7 Å². The van der Waals surface area contributed by atoms with Gasteiger partial charge in [0.15, 0.2) is 0 Å². The summed E-state index contributed by atoms with van der Waals surface area (Å²) in [6.45, 7) is 0.261. The number of aliphatic imine (C=N–C) groups is 1. The fourth-order valence-corrected chi connectivity index (χ4v) is 2.75. The molecular formula is C17H15NO3. The minimum atomic E-state index is -1.35. The van der Waals surface area contributed by atoms with Gasteiger partial charge in [-0.2, -0.15) is 4.99 Å². The third-order valence-electron chi connectivity index (χ3n) is 3.78. The first-order chi connectivity index (χ1) is 10.3.